The van der Waals surface area contributed by atoms with Crippen molar-refractivity contribution < 1.29 is 24.9 Å². The highest BCUT2D eigenvalue weighted by molar-refractivity contribution is 5.88. The smallest absolute Gasteiger partial charge is 0.335 e. The molecule has 1 fully saturated rings. The number of nitrogens with one attached hydrogen (secondary N) is 1. The minimum Gasteiger partial charge on any atom is -0.478 e. The van der Waals surface area contributed by atoms with Crippen molar-refractivity contribution >= 4 is 34.9 Å². The number of nitrogens with two attached hydrogens (primary N) is 1. The van der Waals surface area contributed by atoms with Gasteiger partial charge in [-0.05, 0) is 43.5 Å². The molecule has 11 nitrogen and oxygen atoms in total. The first-order valence-electron chi connectivity index (χ1n) is 12.5. The number of nitrogens with zero attached hydrogens (tertiary/aromatic N) is 4. The summed E-state index contributed by atoms with van der Waals surface area (Å²) in [5.74, 6) is -0.575. The summed E-state index contributed by atoms with van der Waals surface area (Å²) in [4.78, 5) is 33.5. The SMILES string of the molecule is Nc1nc(NC2CC2)c2ncn([C@H]3C=C[C@@H](CO)C3)c2n1.O=C(O)c1ccccc1.O=C(O)c1ccccc1. The van der Waals surface area contributed by atoms with Crippen molar-refractivity contribution in [3.63, 3.8) is 0 Å². The van der Waals surface area contributed by atoms with Gasteiger partial charge >= 0.3 is 11.9 Å². The number of carboxylic acids is 2. The van der Waals surface area contributed by atoms with Crippen molar-refractivity contribution in [3.8, 4) is 0 Å². The van der Waals surface area contributed by atoms with E-state index in [-0.39, 0.29) is 24.5 Å². The zero-order valence-corrected chi connectivity index (χ0v) is 21.1. The first kappa shape index (κ1) is 27.3. The fourth-order valence-electron chi connectivity index (χ4n) is 3.95. The van der Waals surface area contributed by atoms with Crippen LogP contribution in [0.2, 0.25) is 0 Å². The van der Waals surface area contributed by atoms with E-state index in [2.05, 4.69) is 26.3 Å². The fraction of sp³-hybridized carbons (Fsp3) is 0.250. The second-order valence-corrected chi connectivity index (χ2v) is 9.15. The molecule has 2 aromatic carbocycles. The number of anilines is 2. The second-order valence-electron chi connectivity index (χ2n) is 9.15. The van der Waals surface area contributed by atoms with E-state index >= 15 is 0 Å². The van der Waals surface area contributed by atoms with Gasteiger partial charge in [0.05, 0.1) is 23.5 Å². The van der Waals surface area contributed by atoms with Crippen LogP contribution in [-0.2, 0) is 0 Å². The average Bonchev–Trinajstić information content (AvgIpc) is 3.46. The van der Waals surface area contributed by atoms with Crippen LogP contribution < -0.4 is 11.1 Å². The van der Waals surface area contributed by atoms with Crippen LogP contribution in [0.25, 0.3) is 11.2 Å². The standard InChI is InChI=1S/C14H18N6O.2C7H6O2/c15-14-18-12(17-9-2-3-9)11-13(19-14)20(7-16-11)10-4-1-8(5-10)6-21;2*8-7(9)6-4-2-1-3-5-6/h1,4,7-10,21H,2-3,5-6H2,(H3,15,17,18,19);2*1-5H,(H,8,9)/t8-,10+;;/m1../s1. The van der Waals surface area contributed by atoms with E-state index in [4.69, 9.17) is 15.9 Å². The number of aromatic nitrogens is 4. The topological polar surface area (TPSA) is 176 Å². The Kier molecular flexibility index (Phi) is 8.85. The third-order valence-electron chi connectivity index (χ3n) is 6.14. The van der Waals surface area contributed by atoms with E-state index in [1.165, 1.54) is 0 Å². The molecule has 6 N–H and O–H groups in total. The van der Waals surface area contributed by atoms with Gasteiger partial charge in [0.25, 0.3) is 0 Å². The van der Waals surface area contributed by atoms with Crippen molar-refractivity contribution in [3.05, 3.63) is 90.3 Å². The van der Waals surface area contributed by atoms with E-state index in [0.29, 0.717) is 17.2 Å². The summed E-state index contributed by atoms with van der Waals surface area (Å²) >= 11 is 0. The number of imidazole rings is 1. The molecule has 2 aliphatic carbocycles. The average molecular weight is 531 g/mol. The Bertz CT molecular complexity index is 1390. The zero-order chi connectivity index (χ0) is 27.8. The second kappa shape index (κ2) is 12.7. The molecule has 1 saturated carbocycles. The number of carbonyl (C=O) groups is 2. The number of fused-ring (bicyclic) bond motifs is 1. The van der Waals surface area contributed by atoms with E-state index in [1.54, 1.807) is 67.0 Å². The highest BCUT2D eigenvalue weighted by atomic mass is 16.4. The molecule has 4 aromatic rings. The number of aliphatic hydroxyl groups excluding tert-OH is 1. The number of carboxylic acid groups (broad SMARTS) is 2. The van der Waals surface area contributed by atoms with Gasteiger partial charge in [-0.1, -0.05) is 48.6 Å². The summed E-state index contributed by atoms with van der Waals surface area (Å²) in [7, 11) is 0. The van der Waals surface area contributed by atoms with Gasteiger partial charge in [0, 0.05) is 18.6 Å². The number of aliphatic hydroxyl groups is 1. The minimum absolute atomic E-state index is 0.162. The van der Waals surface area contributed by atoms with Crippen molar-refractivity contribution in [2.24, 2.45) is 5.92 Å². The maximum atomic E-state index is 10.2. The van der Waals surface area contributed by atoms with Crippen molar-refractivity contribution in [1.29, 1.82) is 0 Å². The van der Waals surface area contributed by atoms with Crippen molar-refractivity contribution in [1.82, 2.24) is 19.5 Å². The Balaban J connectivity index is 0.000000162. The Hall–Kier alpha value is -4.77. The highest BCUT2D eigenvalue weighted by Gasteiger charge is 2.26. The molecule has 0 saturated heterocycles. The molecule has 2 aromatic heterocycles. The monoisotopic (exact) mass is 530 g/mol. The largest absolute Gasteiger partial charge is 0.478 e. The minimum atomic E-state index is -0.879. The summed E-state index contributed by atoms with van der Waals surface area (Å²) in [5.41, 5.74) is 8.01. The summed E-state index contributed by atoms with van der Waals surface area (Å²) in [6.45, 7) is 0.172. The molecule has 0 bridgehead atoms. The lowest BCUT2D eigenvalue weighted by Crippen LogP contribution is -2.10. The number of rotatable bonds is 6. The number of allylic oxidation sites excluding steroid dienone is 1. The molecule has 2 heterocycles. The van der Waals surface area contributed by atoms with Gasteiger partial charge in [-0.15, -0.1) is 0 Å². The Labute approximate surface area is 224 Å². The number of hydrogen-bond donors (Lipinski definition) is 5. The van der Waals surface area contributed by atoms with Crippen LogP contribution in [0, 0.1) is 5.92 Å². The molecule has 0 unspecified atom stereocenters. The van der Waals surface area contributed by atoms with Crippen molar-refractivity contribution in [2.75, 3.05) is 17.7 Å². The number of nitrogen functional groups attached to an aromatic ring is 1. The first-order valence-corrected chi connectivity index (χ1v) is 12.5. The highest BCUT2D eigenvalue weighted by Crippen LogP contribution is 2.32. The maximum absolute atomic E-state index is 10.2. The van der Waals surface area contributed by atoms with Crippen molar-refractivity contribution in [2.45, 2.75) is 31.3 Å². The summed E-state index contributed by atoms with van der Waals surface area (Å²) < 4.78 is 2.01. The van der Waals surface area contributed by atoms with Gasteiger partial charge in [-0.3, -0.25) is 0 Å². The van der Waals surface area contributed by atoms with Gasteiger partial charge in [0.1, 0.15) is 0 Å². The van der Waals surface area contributed by atoms with Gasteiger partial charge in [0.15, 0.2) is 17.0 Å². The molecule has 202 valence electrons. The van der Waals surface area contributed by atoms with Crippen LogP contribution in [0.4, 0.5) is 11.8 Å². The number of aromatic carboxylic acids is 2. The summed E-state index contributed by atoms with van der Waals surface area (Å²) in [5, 5.41) is 29.4. The zero-order valence-electron chi connectivity index (χ0n) is 21.1. The number of benzene rings is 2. The Morgan fingerprint density at radius 3 is 1.97 bits per heavy atom. The quantitative estimate of drug-likeness (QED) is 0.230. The molecular formula is C28H30N6O5. The molecule has 39 heavy (non-hydrogen) atoms. The van der Waals surface area contributed by atoms with Crippen LogP contribution in [0.1, 0.15) is 46.0 Å². The van der Waals surface area contributed by atoms with E-state index in [9.17, 15) is 14.7 Å². The fourth-order valence-corrected chi connectivity index (χ4v) is 3.95. The Morgan fingerprint density at radius 1 is 0.923 bits per heavy atom. The lowest BCUT2D eigenvalue weighted by atomic mass is 10.1. The van der Waals surface area contributed by atoms with Gasteiger partial charge < -0.3 is 30.9 Å². The van der Waals surface area contributed by atoms with Crippen LogP contribution in [0.15, 0.2) is 79.1 Å². The molecule has 0 spiro atoms. The van der Waals surface area contributed by atoms with Crippen LogP contribution in [0.3, 0.4) is 0 Å². The lowest BCUT2D eigenvalue weighted by Gasteiger charge is -2.13. The summed E-state index contributed by atoms with van der Waals surface area (Å²) in [6, 6.07) is 17.2. The molecule has 6 rings (SSSR count). The van der Waals surface area contributed by atoms with Crippen LogP contribution in [-0.4, -0.2) is 59.4 Å². The summed E-state index contributed by atoms with van der Waals surface area (Å²) in [6.07, 6.45) is 9.10. The van der Waals surface area contributed by atoms with E-state index < -0.39 is 11.9 Å². The van der Waals surface area contributed by atoms with Gasteiger partial charge in [-0.2, -0.15) is 9.97 Å². The van der Waals surface area contributed by atoms with E-state index in [0.717, 1.165) is 36.2 Å². The predicted octanol–water partition coefficient (Wildman–Crippen LogP) is 3.86. The van der Waals surface area contributed by atoms with Crippen LogP contribution in [0.5, 0.6) is 0 Å². The molecular weight excluding hydrogens is 500 g/mol. The normalized spacial score (nSPS) is 17.5. The first-order chi connectivity index (χ1) is 18.9. The Morgan fingerprint density at radius 2 is 1.51 bits per heavy atom. The van der Waals surface area contributed by atoms with E-state index in [1.807, 2.05) is 10.6 Å². The number of hydrogen-bond acceptors (Lipinski definition) is 8. The molecule has 2 atom stereocenters. The predicted molar refractivity (Wildman–Crippen MR) is 147 cm³/mol. The maximum Gasteiger partial charge on any atom is 0.335 e. The molecule has 0 radical (unpaired) electrons. The van der Waals surface area contributed by atoms with Crippen LogP contribution >= 0.6 is 0 Å². The molecule has 0 aliphatic heterocycles. The molecule has 2 aliphatic rings. The lowest BCUT2D eigenvalue weighted by molar-refractivity contribution is 0.0686. The van der Waals surface area contributed by atoms with Gasteiger partial charge in [-0.25, -0.2) is 14.6 Å². The van der Waals surface area contributed by atoms with Gasteiger partial charge in [0.2, 0.25) is 5.95 Å². The third kappa shape index (κ3) is 7.39. The molecule has 0 amide bonds. The molecule has 11 heteroatoms. The third-order valence-corrected chi connectivity index (χ3v) is 6.14.